The van der Waals surface area contributed by atoms with Crippen molar-refractivity contribution in [2.75, 3.05) is 5.75 Å². The van der Waals surface area contributed by atoms with Gasteiger partial charge in [0.05, 0.1) is 11.5 Å². The van der Waals surface area contributed by atoms with Crippen LogP contribution >= 0.6 is 11.8 Å². The Bertz CT molecular complexity index is 441. The average molecular weight is 285 g/mol. The number of hydrogen-bond donors (Lipinski definition) is 1. The van der Waals surface area contributed by atoms with E-state index in [0.29, 0.717) is 0 Å². The van der Waals surface area contributed by atoms with Gasteiger partial charge >= 0.3 is 17.2 Å². The van der Waals surface area contributed by atoms with Crippen molar-refractivity contribution >= 4 is 23.4 Å². The molecule has 0 fully saturated rings. The Balaban J connectivity index is 2.76. The van der Waals surface area contributed by atoms with Gasteiger partial charge in [-0.1, -0.05) is 0 Å². The van der Waals surface area contributed by atoms with Crippen LogP contribution in [0.2, 0.25) is 0 Å². The van der Waals surface area contributed by atoms with Crippen LogP contribution in [0.1, 0.15) is 10.5 Å². The van der Waals surface area contributed by atoms with Crippen molar-refractivity contribution in [1.29, 1.82) is 0 Å². The molecule has 0 amide bonds. The third-order valence-electron chi connectivity index (χ3n) is 1.73. The lowest BCUT2D eigenvalue weighted by Crippen LogP contribution is -2.08. The van der Waals surface area contributed by atoms with Gasteiger partial charge in [-0.25, -0.2) is 4.79 Å². The summed E-state index contributed by atoms with van der Waals surface area (Å²) < 4.78 is 36.3. The SMILES string of the molecule is O=C(O)c1nn(CCSC(F)(F)F)cc1[N+](=O)[O-]. The molecule has 0 aliphatic rings. The first-order valence-corrected chi connectivity index (χ1v) is 5.35. The molecular formula is C7H6F3N3O4S. The summed E-state index contributed by atoms with van der Waals surface area (Å²) in [6, 6.07) is 0. The van der Waals surface area contributed by atoms with Crippen molar-refractivity contribution in [3.63, 3.8) is 0 Å². The number of aromatic carboxylic acids is 1. The van der Waals surface area contributed by atoms with Gasteiger partial charge in [-0.2, -0.15) is 18.3 Å². The molecule has 11 heteroatoms. The second-order valence-corrected chi connectivity index (χ2v) is 4.14. The number of aromatic nitrogens is 2. The zero-order valence-electron chi connectivity index (χ0n) is 8.55. The molecule has 0 aromatic carbocycles. The lowest BCUT2D eigenvalue weighted by atomic mass is 10.4. The highest BCUT2D eigenvalue weighted by Crippen LogP contribution is 2.30. The van der Waals surface area contributed by atoms with Crippen molar-refractivity contribution in [2.45, 2.75) is 12.1 Å². The van der Waals surface area contributed by atoms with Gasteiger partial charge < -0.3 is 5.11 Å². The first kappa shape index (κ1) is 14.3. The number of alkyl halides is 3. The molecule has 0 aliphatic carbocycles. The highest BCUT2D eigenvalue weighted by molar-refractivity contribution is 8.00. The maximum absolute atomic E-state index is 11.8. The van der Waals surface area contributed by atoms with Gasteiger partial charge in [0.25, 0.3) is 0 Å². The highest BCUT2D eigenvalue weighted by Gasteiger charge is 2.28. The van der Waals surface area contributed by atoms with Crippen LogP contribution in [-0.4, -0.2) is 37.0 Å². The highest BCUT2D eigenvalue weighted by atomic mass is 32.2. The number of nitrogens with zero attached hydrogens (tertiary/aromatic N) is 3. The Hall–Kier alpha value is -1.78. The van der Waals surface area contributed by atoms with E-state index in [0.717, 1.165) is 10.9 Å². The molecule has 0 saturated heterocycles. The molecule has 0 aliphatic heterocycles. The normalized spacial score (nSPS) is 11.5. The quantitative estimate of drug-likeness (QED) is 0.653. The van der Waals surface area contributed by atoms with Gasteiger partial charge in [0.2, 0.25) is 5.69 Å². The number of carboxylic acids is 1. The largest absolute Gasteiger partial charge is 0.476 e. The Morgan fingerprint density at radius 2 is 2.22 bits per heavy atom. The van der Waals surface area contributed by atoms with Crippen LogP contribution in [0.4, 0.5) is 18.9 Å². The predicted octanol–water partition coefficient (Wildman–Crippen LogP) is 1.74. The number of halogens is 3. The zero-order chi connectivity index (χ0) is 13.9. The zero-order valence-corrected chi connectivity index (χ0v) is 9.36. The minimum atomic E-state index is -4.41. The maximum Gasteiger partial charge on any atom is 0.441 e. The van der Waals surface area contributed by atoms with Crippen molar-refractivity contribution in [1.82, 2.24) is 9.78 Å². The van der Waals surface area contributed by atoms with Crippen LogP contribution in [0.5, 0.6) is 0 Å². The van der Waals surface area contributed by atoms with Crippen LogP contribution in [0.15, 0.2) is 6.20 Å². The van der Waals surface area contributed by atoms with Crippen LogP contribution in [0.25, 0.3) is 0 Å². The molecule has 0 bridgehead atoms. The summed E-state index contributed by atoms with van der Waals surface area (Å²) in [5.74, 6) is -2.02. The van der Waals surface area contributed by atoms with E-state index >= 15 is 0 Å². The summed E-state index contributed by atoms with van der Waals surface area (Å²) >= 11 is -0.318. The minimum Gasteiger partial charge on any atom is -0.476 e. The van der Waals surface area contributed by atoms with Crippen LogP contribution in [-0.2, 0) is 6.54 Å². The molecule has 0 radical (unpaired) electrons. The number of carbonyl (C=O) groups is 1. The first-order chi connectivity index (χ1) is 8.20. The number of nitro groups is 1. The van der Waals surface area contributed by atoms with Crippen molar-refractivity contribution in [2.24, 2.45) is 0 Å². The summed E-state index contributed by atoms with van der Waals surface area (Å²) in [6.07, 6.45) is 0.792. The molecule has 0 unspecified atom stereocenters. The van der Waals surface area contributed by atoms with E-state index < -0.39 is 33.5 Å². The Morgan fingerprint density at radius 3 is 2.61 bits per heavy atom. The molecule has 0 spiro atoms. The third kappa shape index (κ3) is 3.91. The van der Waals surface area contributed by atoms with E-state index in [2.05, 4.69) is 5.10 Å². The van der Waals surface area contributed by atoms with Gasteiger partial charge in [-0.05, 0) is 11.8 Å². The second-order valence-electron chi connectivity index (χ2n) is 2.98. The summed E-state index contributed by atoms with van der Waals surface area (Å²) in [7, 11) is 0. The van der Waals surface area contributed by atoms with Crippen molar-refractivity contribution in [3.8, 4) is 0 Å². The Morgan fingerprint density at radius 1 is 1.61 bits per heavy atom. The summed E-state index contributed by atoms with van der Waals surface area (Å²) in [4.78, 5) is 20.1. The van der Waals surface area contributed by atoms with Gasteiger partial charge in [-0.3, -0.25) is 14.8 Å². The predicted molar refractivity (Wildman–Crippen MR) is 54.4 cm³/mol. The standard InChI is InChI=1S/C7H6F3N3O4S/c8-7(9,10)18-2-1-12-3-4(13(16)17)5(11-12)6(14)15/h3H,1-2H2,(H,14,15). The molecule has 100 valence electrons. The molecular weight excluding hydrogens is 279 g/mol. The van der Waals surface area contributed by atoms with Gasteiger partial charge in [-0.15, -0.1) is 0 Å². The fraction of sp³-hybridized carbons (Fsp3) is 0.429. The molecule has 7 nitrogen and oxygen atoms in total. The number of rotatable bonds is 5. The van der Waals surface area contributed by atoms with E-state index in [9.17, 15) is 28.1 Å². The summed E-state index contributed by atoms with van der Waals surface area (Å²) in [6.45, 7) is -0.279. The van der Waals surface area contributed by atoms with E-state index in [4.69, 9.17) is 5.11 Å². The number of thioether (sulfide) groups is 1. The number of aryl methyl sites for hydroxylation is 1. The monoisotopic (exact) mass is 285 g/mol. The fourth-order valence-electron chi connectivity index (χ4n) is 1.07. The average Bonchev–Trinajstić information content (AvgIpc) is 2.60. The molecule has 0 saturated carbocycles. The summed E-state index contributed by atoms with van der Waals surface area (Å²) in [5.41, 5.74) is -5.95. The lowest BCUT2D eigenvalue weighted by Gasteiger charge is -2.04. The van der Waals surface area contributed by atoms with Crippen LogP contribution in [0, 0.1) is 10.1 Å². The molecule has 0 atom stereocenters. The molecule has 1 N–H and O–H groups in total. The minimum absolute atomic E-state index is 0.279. The van der Waals surface area contributed by atoms with Crippen molar-refractivity contribution in [3.05, 3.63) is 22.0 Å². The molecule has 1 aromatic heterocycles. The molecule has 18 heavy (non-hydrogen) atoms. The smallest absolute Gasteiger partial charge is 0.441 e. The Labute approximate surface area is 102 Å². The third-order valence-corrected chi connectivity index (χ3v) is 2.44. The van der Waals surface area contributed by atoms with E-state index in [1.807, 2.05) is 0 Å². The Kier molecular flexibility index (Phi) is 4.16. The summed E-state index contributed by atoms with van der Waals surface area (Å²) in [5, 5.41) is 22.4. The van der Waals surface area contributed by atoms with Crippen molar-refractivity contribution < 1.29 is 28.0 Å². The van der Waals surface area contributed by atoms with Crippen LogP contribution < -0.4 is 0 Å². The molecule has 1 rings (SSSR count). The maximum atomic E-state index is 11.8. The van der Waals surface area contributed by atoms with E-state index in [1.54, 1.807) is 0 Å². The van der Waals surface area contributed by atoms with Crippen LogP contribution in [0.3, 0.4) is 0 Å². The first-order valence-electron chi connectivity index (χ1n) is 4.36. The number of hydrogen-bond acceptors (Lipinski definition) is 5. The lowest BCUT2D eigenvalue weighted by molar-refractivity contribution is -0.385. The van der Waals surface area contributed by atoms with Gasteiger partial charge in [0.1, 0.15) is 6.20 Å². The van der Waals surface area contributed by atoms with Gasteiger partial charge in [0, 0.05) is 5.75 Å². The molecule has 1 aromatic rings. The number of carboxylic acid groups (broad SMARTS) is 1. The molecule has 1 heterocycles. The fourth-order valence-corrected chi connectivity index (χ4v) is 1.58. The topological polar surface area (TPSA) is 98.3 Å². The second kappa shape index (κ2) is 5.25. The van der Waals surface area contributed by atoms with E-state index in [1.165, 1.54) is 0 Å². The van der Waals surface area contributed by atoms with Gasteiger partial charge in [0.15, 0.2) is 0 Å². The van der Waals surface area contributed by atoms with E-state index in [-0.39, 0.29) is 18.3 Å².